The minimum atomic E-state index is -0.838. The monoisotopic (exact) mass is 474 g/mol. The third kappa shape index (κ3) is 3.05. The molecule has 1 amide bonds. The summed E-state index contributed by atoms with van der Waals surface area (Å²) in [6.45, 7) is 2.32. The predicted molar refractivity (Wildman–Crippen MR) is 131 cm³/mol. The van der Waals surface area contributed by atoms with E-state index in [1.54, 1.807) is 4.90 Å². The van der Waals surface area contributed by atoms with E-state index in [9.17, 15) is 9.90 Å². The van der Waals surface area contributed by atoms with E-state index in [1.807, 2.05) is 43.4 Å². The number of benzene rings is 2. The maximum absolute atomic E-state index is 13.1. The van der Waals surface area contributed by atoms with E-state index in [1.165, 1.54) is 24.0 Å². The number of rotatable bonds is 5. The summed E-state index contributed by atoms with van der Waals surface area (Å²) in [6, 6.07) is 16.1. The quantitative estimate of drug-likeness (QED) is 0.713. The largest absolute Gasteiger partial charge is 0.487 e. The van der Waals surface area contributed by atoms with Crippen molar-refractivity contribution in [1.29, 1.82) is 0 Å². The molecular formula is C29H34N2O4. The smallest absolute Gasteiger partial charge is 0.410 e. The summed E-state index contributed by atoms with van der Waals surface area (Å²) >= 11 is 0. The third-order valence-corrected chi connectivity index (χ3v) is 9.62. The van der Waals surface area contributed by atoms with Crippen LogP contribution in [0.15, 0.2) is 48.5 Å². The molecule has 184 valence electrons. The second kappa shape index (κ2) is 7.71. The first-order valence-corrected chi connectivity index (χ1v) is 13.2. The molecule has 6 heteroatoms. The zero-order valence-corrected chi connectivity index (χ0v) is 20.4. The molecule has 3 fully saturated rings. The van der Waals surface area contributed by atoms with Gasteiger partial charge in [0.25, 0.3) is 0 Å². The van der Waals surface area contributed by atoms with Crippen molar-refractivity contribution >= 4 is 6.09 Å². The Balaban J connectivity index is 1.21. The first-order valence-electron chi connectivity index (χ1n) is 13.2. The molecule has 7 rings (SSSR count). The van der Waals surface area contributed by atoms with E-state index in [4.69, 9.17) is 9.47 Å². The van der Waals surface area contributed by atoms with E-state index in [2.05, 4.69) is 17.0 Å². The summed E-state index contributed by atoms with van der Waals surface area (Å²) in [5.74, 6) is 1.69. The number of nitrogens with zero attached hydrogens (tertiary/aromatic N) is 2. The molecule has 5 aliphatic rings. The predicted octanol–water partition coefficient (Wildman–Crippen LogP) is 3.89. The van der Waals surface area contributed by atoms with Crippen LogP contribution in [0.1, 0.15) is 48.8 Å². The maximum atomic E-state index is 13.1. The van der Waals surface area contributed by atoms with E-state index >= 15 is 0 Å². The lowest BCUT2D eigenvalue weighted by atomic mass is 9.48. The highest BCUT2D eigenvalue weighted by molar-refractivity contribution is 5.68. The van der Waals surface area contributed by atoms with Gasteiger partial charge in [-0.3, -0.25) is 4.90 Å². The number of likely N-dealkylation sites (tertiary alicyclic amines) is 1. The molecule has 2 saturated carbocycles. The van der Waals surface area contributed by atoms with Gasteiger partial charge in [0.15, 0.2) is 0 Å². The summed E-state index contributed by atoms with van der Waals surface area (Å²) in [7, 11) is 1.83. The van der Waals surface area contributed by atoms with Crippen LogP contribution in [0.4, 0.5) is 4.79 Å². The summed E-state index contributed by atoms with van der Waals surface area (Å²) in [4.78, 5) is 17.5. The van der Waals surface area contributed by atoms with Crippen molar-refractivity contribution in [2.75, 3.05) is 20.1 Å². The van der Waals surface area contributed by atoms with Gasteiger partial charge >= 0.3 is 6.09 Å². The average molecular weight is 475 g/mol. The SMILES string of the molecule is CN(C(=O)OCc1ccccc1)[C@H]1CC[C@@]2(O)[C@@H]3Cc4cccc5c4[C@@]2(CCN3CC2CC2)[C@H]1O5. The molecule has 3 aliphatic carbocycles. The van der Waals surface area contributed by atoms with Gasteiger partial charge < -0.3 is 19.5 Å². The zero-order chi connectivity index (χ0) is 23.8. The Morgan fingerprint density at radius 3 is 2.77 bits per heavy atom. The average Bonchev–Trinajstić information content (AvgIpc) is 3.62. The third-order valence-electron chi connectivity index (χ3n) is 9.62. The normalized spacial score (nSPS) is 34.6. The van der Waals surface area contributed by atoms with Crippen LogP contribution < -0.4 is 4.74 Å². The Kier molecular flexibility index (Phi) is 4.78. The van der Waals surface area contributed by atoms with Gasteiger partial charge in [-0.25, -0.2) is 4.79 Å². The second-order valence-electron chi connectivity index (χ2n) is 11.4. The molecule has 1 spiro atoms. The number of hydrogen-bond donors (Lipinski definition) is 1. The first-order chi connectivity index (χ1) is 17.0. The van der Waals surface area contributed by atoms with Crippen molar-refractivity contribution in [3.63, 3.8) is 0 Å². The summed E-state index contributed by atoms with van der Waals surface area (Å²) in [6.07, 6.45) is 5.16. The Hall–Kier alpha value is -2.57. The number of amides is 1. The van der Waals surface area contributed by atoms with Crippen LogP contribution >= 0.6 is 0 Å². The molecule has 0 aromatic heterocycles. The molecule has 6 nitrogen and oxygen atoms in total. The lowest BCUT2D eigenvalue weighted by Gasteiger charge is -2.64. The van der Waals surface area contributed by atoms with E-state index in [0.29, 0.717) is 12.8 Å². The number of carbonyl (C=O) groups excluding carboxylic acids is 1. The van der Waals surface area contributed by atoms with Gasteiger partial charge in [-0.15, -0.1) is 0 Å². The minimum absolute atomic E-state index is 0.111. The molecule has 2 heterocycles. The van der Waals surface area contributed by atoms with Crippen LogP contribution in [-0.2, 0) is 23.2 Å². The van der Waals surface area contributed by atoms with Crippen molar-refractivity contribution in [1.82, 2.24) is 9.80 Å². The molecular weight excluding hydrogens is 440 g/mol. The fraction of sp³-hybridized carbons (Fsp3) is 0.552. The Morgan fingerprint density at radius 1 is 1.14 bits per heavy atom. The van der Waals surface area contributed by atoms with Crippen molar-refractivity contribution < 1.29 is 19.4 Å². The van der Waals surface area contributed by atoms with Crippen LogP contribution in [0.2, 0.25) is 0 Å². The van der Waals surface area contributed by atoms with Crippen LogP contribution in [0.5, 0.6) is 5.75 Å². The van der Waals surface area contributed by atoms with Gasteiger partial charge in [-0.2, -0.15) is 0 Å². The molecule has 5 atom stereocenters. The van der Waals surface area contributed by atoms with Crippen LogP contribution in [0.3, 0.4) is 0 Å². The highest BCUT2D eigenvalue weighted by Gasteiger charge is 2.73. The van der Waals surface area contributed by atoms with Gasteiger partial charge in [0.05, 0.1) is 17.1 Å². The minimum Gasteiger partial charge on any atom is -0.487 e. The number of carbonyl (C=O) groups is 1. The van der Waals surface area contributed by atoms with Crippen molar-refractivity contribution in [2.45, 2.75) is 74.3 Å². The molecule has 0 radical (unpaired) electrons. The maximum Gasteiger partial charge on any atom is 0.410 e. The van der Waals surface area contributed by atoms with Gasteiger partial charge in [0, 0.05) is 25.2 Å². The first kappa shape index (κ1) is 21.7. The Morgan fingerprint density at radius 2 is 1.97 bits per heavy atom. The molecule has 2 aliphatic heterocycles. The lowest BCUT2D eigenvalue weighted by Crippen LogP contribution is -2.78. The van der Waals surface area contributed by atoms with E-state index in [0.717, 1.165) is 43.2 Å². The number of likely N-dealkylation sites (N-methyl/N-ethyl adjacent to an activating group) is 1. The van der Waals surface area contributed by atoms with Gasteiger partial charge in [-0.05, 0) is 68.2 Å². The zero-order valence-electron chi connectivity index (χ0n) is 20.4. The molecule has 35 heavy (non-hydrogen) atoms. The molecule has 2 bridgehead atoms. The topological polar surface area (TPSA) is 62.2 Å². The van der Waals surface area contributed by atoms with Gasteiger partial charge in [0.1, 0.15) is 18.5 Å². The molecule has 0 unspecified atom stereocenters. The van der Waals surface area contributed by atoms with Crippen molar-refractivity contribution in [2.24, 2.45) is 5.92 Å². The number of ether oxygens (including phenoxy) is 2. The molecule has 2 aromatic carbocycles. The van der Waals surface area contributed by atoms with Gasteiger partial charge in [0.2, 0.25) is 0 Å². The molecule has 1 saturated heterocycles. The fourth-order valence-electron chi connectivity index (χ4n) is 7.78. The van der Waals surface area contributed by atoms with Gasteiger partial charge in [-0.1, -0.05) is 42.5 Å². The highest BCUT2D eigenvalue weighted by atomic mass is 16.6. The highest BCUT2D eigenvalue weighted by Crippen LogP contribution is 2.64. The summed E-state index contributed by atoms with van der Waals surface area (Å²) in [5, 5.41) is 12.5. The van der Waals surface area contributed by atoms with E-state index < -0.39 is 11.0 Å². The summed E-state index contributed by atoms with van der Waals surface area (Å²) in [5.41, 5.74) is 2.19. The fourth-order valence-corrected chi connectivity index (χ4v) is 7.78. The molecule has 1 N–H and O–H groups in total. The Bertz CT molecular complexity index is 1150. The standard InChI is InChI=1S/C29H34N2O4/c1-30(27(32)34-18-20-6-3-2-4-7-20)22-12-13-29(33)24-16-21-8-5-9-23-25(21)28(29,26(22)35-23)14-15-31(24)17-19-10-11-19/h2-9,19,22,24,26,33H,10-18H2,1H3/t22-,24-,26-,28-,29+/m0/s1. The number of piperidine rings is 1. The molecule has 2 aromatic rings. The van der Waals surface area contributed by atoms with Crippen molar-refractivity contribution in [3.8, 4) is 5.75 Å². The Labute approximate surface area is 206 Å². The second-order valence-corrected chi connectivity index (χ2v) is 11.4. The van der Waals surface area contributed by atoms with E-state index in [-0.39, 0.29) is 30.9 Å². The van der Waals surface area contributed by atoms with Crippen LogP contribution in [-0.4, -0.2) is 64.9 Å². The number of hydrogen-bond acceptors (Lipinski definition) is 5. The number of aliphatic hydroxyl groups is 1. The van der Waals surface area contributed by atoms with Crippen molar-refractivity contribution in [3.05, 3.63) is 65.2 Å². The van der Waals surface area contributed by atoms with Crippen LogP contribution in [0, 0.1) is 5.92 Å². The van der Waals surface area contributed by atoms with Crippen LogP contribution in [0.25, 0.3) is 0 Å². The lowest BCUT2D eigenvalue weighted by molar-refractivity contribution is -0.198. The summed E-state index contributed by atoms with van der Waals surface area (Å²) < 4.78 is 12.4.